The number of hydrogen-bond donors (Lipinski definition) is 3. The molecule has 0 bridgehead atoms. The first-order valence-corrected chi connectivity index (χ1v) is 10.5. The molecule has 0 heterocycles. The van der Waals surface area contributed by atoms with Gasteiger partial charge in [0.2, 0.25) is 5.91 Å². The molecule has 9 heteroatoms. The first kappa shape index (κ1) is 25.3. The third kappa shape index (κ3) is 8.21. The number of methoxy groups -OCH3 is 1. The molecule has 0 atom stereocenters. The SMILES string of the molecule is COC(=O)CCCCCNC(=O)c1ccc(NC(=O)C(=O)c2ccccc2NC(C)=O)cc1. The molecule has 0 fully saturated rings. The van der Waals surface area contributed by atoms with Crippen LogP contribution in [0.3, 0.4) is 0 Å². The van der Waals surface area contributed by atoms with Crippen LogP contribution in [0, 0.1) is 0 Å². The van der Waals surface area contributed by atoms with Crippen LogP contribution >= 0.6 is 0 Å². The van der Waals surface area contributed by atoms with Gasteiger partial charge in [-0.05, 0) is 49.2 Å². The second kappa shape index (κ2) is 12.7. The Morgan fingerprint density at radius 1 is 0.848 bits per heavy atom. The maximum absolute atomic E-state index is 12.5. The lowest BCUT2D eigenvalue weighted by Crippen LogP contribution is -2.25. The molecular formula is C24H27N3O6. The van der Waals surface area contributed by atoms with E-state index in [1.807, 2.05) is 0 Å². The first-order chi connectivity index (χ1) is 15.8. The lowest BCUT2D eigenvalue weighted by molar-refractivity contribution is -0.140. The van der Waals surface area contributed by atoms with Gasteiger partial charge >= 0.3 is 5.97 Å². The van der Waals surface area contributed by atoms with Crippen molar-refractivity contribution in [2.45, 2.75) is 32.6 Å². The third-order valence-corrected chi connectivity index (χ3v) is 4.66. The number of ketones is 1. The summed E-state index contributed by atoms with van der Waals surface area (Å²) in [5.41, 5.74) is 1.09. The van der Waals surface area contributed by atoms with Crippen molar-refractivity contribution in [2.24, 2.45) is 0 Å². The predicted molar refractivity (Wildman–Crippen MR) is 123 cm³/mol. The number of amides is 3. The molecule has 0 saturated heterocycles. The first-order valence-electron chi connectivity index (χ1n) is 10.5. The molecule has 0 unspecified atom stereocenters. The average molecular weight is 453 g/mol. The summed E-state index contributed by atoms with van der Waals surface area (Å²) in [6.45, 7) is 1.78. The predicted octanol–water partition coefficient (Wildman–Crippen LogP) is 2.93. The van der Waals surface area contributed by atoms with Crippen LogP contribution in [0.5, 0.6) is 0 Å². The number of carbonyl (C=O) groups excluding carboxylic acids is 5. The zero-order valence-electron chi connectivity index (χ0n) is 18.6. The highest BCUT2D eigenvalue weighted by molar-refractivity contribution is 6.47. The van der Waals surface area contributed by atoms with Gasteiger partial charge < -0.3 is 20.7 Å². The minimum absolute atomic E-state index is 0.0767. The summed E-state index contributed by atoms with van der Waals surface area (Å²) in [5, 5.41) is 7.81. The fraction of sp³-hybridized carbons (Fsp3) is 0.292. The van der Waals surface area contributed by atoms with Gasteiger partial charge in [-0.1, -0.05) is 18.6 Å². The topological polar surface area (TPSA) is 131 Å². The van der Waals surface area contributed by atoms with Crippen molar-refractivity contribution < 1.29 is 28.7 Å². The van der Waals surface area contributed by atoms with Gasteiger partial charge in [-0.2, -0.15) is 0 Å². The van der Waals surface area contributed by atoms with E-state index in [1.165, 1.54) is 50.4 Å². The van der Waals surface area contributed by atoms with E-state index in [4.69, 9.17) is 0 Å². The van der Waals surface area contributed by atoms with Gasteiger partial charge in [-0.15, -0.1) is 0 Å². The summed E-state index contributed by atoms with van der Waals surface area (Å²) in [6.07, 6.45) is 2.59. The Balaban J connectivity index is 1.85. The van der Waals surface area contributed by atoms with Crippen molar-refractivity contribution >= 4 is 40.8 Å². The normalized spacial score (nSPS) is 10.1. The molecule has 2 rings (SSSR count). The molecule has 0 aliphatic carbocycles. The number of hydrogen-bond acceptors (Lipinski definition) is 6. The van der Waals surface area contributed by atoms with E-state index in [1.54, 1.807) is 12.1 Å². The molecular weight excluding hydrogens is 426 g/mol. The molecule has 0 saturated carbocycles. The smallest absolute Gasteiger partial charge is 0.305 e. The van der Waals surface area contributed by atoms with Gasteiger partial charge in [-0.3, -0.25) is 24.0 Å². The largest absolute Gasteiger partial charge is 0.469 e. The van der Waals surface area contributed by atoms with Gasteiger partial charge in [0.25, 0.3) is 17.6 Å². The molecule has 3 N–H and O–H groups in total. The Bertz CT molecular complexity index is 1020. The summed E-state index contributed by atoms with van der Waals surface area (Å²) in [5.74, 6) is -2.53. The van der Waals surface area contributed by atoms with E-state index in [0.717, 1.165) is 12.8 Å². The Hall–Kier alpha value is -4.01. The van der Waals surface area contributed by atoms with Crippen LogP contribution < -0.4 is 16.0 Å². The van der Waals surface area contributed by atoms with Crippen LogP contribution in [0.4, 0.5) is 11.4 Å². The van der Waals surface area contributed by atoms with Gasteiger partial charge in [0.05, 0.1) is 18.4 Å². The number of para-hydroxylation sites is 1. The Kier molecular flexibility index (Phi) is 9.76. The van der Waals surface area contributed by atoms with Crippen LogP contribution in [0.25, 0.3) is 0 Å². The average Bonchev–Trinajstić information content (AvgIpc) is 2.80. The van der Waals surface area contributed by atoms with Crippen molar-refractivity contribution in [1.29, 1.82) is 0 Å². The Labute approximate surface area is 191 Å². The molecule has 33 heavy (non-hydrogen) atoms. The summed E-state index contributed by atoms with van der Waals surface area (Å²) < 4.78 is 4.57. The van der Waals surface area contributed by atoms with Crippen LogP contribution in [0.15, 0.2) is 48.5 Å². The number of esters is 1. The quantitative estimate of drug-likeness (QED) is 0.208. The molecule has 2 aromatic rings. The minimum atomic E-state index is -0.864. The minimum Gasteiger partial charge on any atom is -0.469 e. The van der Waals surface area contributed by atoms with E-state index in [2.05, 4.69) is 20.7 Å². The van der Waals surface area contributed by atoms with Gasteiger partial charge in [0.1, 0.15) is 0 Å². The summed E-state index contributed by atoms with van der Waals surface area (Å²) >= 11 is 0. The van der Waals surface area contributed by atoms with E-state index < -0.39 is 11.7 Å². The van der Waals surface area contributed by atoms with Crippen LogP contribution in [0.2, 0.25) is 0 Å². The van der Waals surface area contributed by atoms with Crippen molar-refractivity contribution in [2.75, 3.05) is 24.3 Å². The Morgan fingerprint density at radius 2 is 1.55 bits per heavy atom. The van der Waals surface area contributed by atoms with Crippen molar-refractivity contribution in [3.05, 3.63) is 59.7 Å². The number of rotatable bonds is 11. The lowest BCUT2D eigenvalue weighted by Gasteiger charge is -2.10. The van der Waals surface area contributed by atoms with Crippen molar-refractivity contribution in [3.63, 3.8) is 0 Å². The molecule has 174 valence electrons. The number of nitrogens with one attached hydrogen (secondary N) is 3. The van der Waals surface area contributed by atoms with E-state index in [0.29, 0.717) is 30.6 Å². The van der Waals surface area contributed by atoms with E-state index in [9.17, 15) is 24.0 Å². The van der Waals surface area contributed by atoms with Crippen molar-refractivity contribution in [3.8, 4) is 0 Å². The highest BCUT2D eigenvalue weighted by atomic mass is 16.5. The summed E-state index contributed by atoms with van der Waals surface area (Å²) in [7, 11) is 1.35. The zero-order chi connectivity index (χ0) is 24.2. The number of carbonyl (C=O) groups is 5. The zero-order valence-corrected chi connectivity index (χ0v) is 18.6. The Morgan fingerprint density at radius 3 is 2.21 bits per heavy atom. The van der Waals surface area contributed by atoms with E-state index >= 15 is 0 Å². The summed E-state index contributed by atoms with van der Waals surface area (Å²) in [4.78, 5) is 59.5. The fourth-order valence-electron chi connectivity index (χ4n) is 2.97. The number of unbranched alkanes of at least 4 members (excludes halogenated alkanes) is 2. The highest BCUT2D eigenvalue weighted by Crippen LogP contribution is 2.17. The monoisotopic (exact) mass is 453 g/mol. The molecule has 9 nitrogen and oxygen atoms in total. The third-order valence-electron chi connectivity index (χ3n) is 4.66. The number of benzene rings is 2. The van der Waals surface area contributed by atoms with Gasteiger partial charge in [0.15, 0.2) is 0 Å². The summed E-state index contributed by atoms with van der Waals surface area (Å²) in [6, 6.07) is 12.4. The molecule has 0 aromatic heterocycles. The molecule has 0 aliphatic heterocycles. The molecule has 2 aromatic carbocycles. The molecule has 0 radical (unpaired) electrons. The van der Waals surface area contributed by atoms with E-state index in [-0.39, 0.29) is 29.0 Å². The maximum Gasteiger partial charge on any atom is 0.305 e. The second-order valence-corrected chi connectivity index (χ2v) is 7.23. The van der Waals surface area contributed by atoms with Gasteiger partial charge in [0, 0.05) is 31.1 Å². The van der Waals surface area contributed by atoms with Crippen LogP contribution in [0.1, 0.15) is 53.3 Å². The second-order valence-electron chi connectivity index (χ2n) is 7.23. The number of anilines is 2. The number of Topliss-reactive ketones (excluding diaryl/α,β-unsaturated/α-hetero) is 1. The van der Waals surface area contributed by atoms with Crippen LogP contribution in [-0.4, -0.2) is 43.1 Å². The number of ether oxygens (including phenoxy) is 1. The maximum atomic E-state index is 12.5. The molecule has 3 amide bonds. The molecule has 0 aliphatic rings. The van der Waals surface area contributed by atoms with Crippen LogP contribution in [-0.2, 0) is 19.1 Å². The van der Waals surface area contributed by atoms with Crippen molar-refractivity contribution in [1.82, 2.24) is 5.32 Å². The lowest BCUT2D eigenvalue weighted by atomic mass is 10.1. The van der Waals surface area contributed by atoms with Gasteiger partial charge in [-0.25, -0.2) is 0 Å². The highest BCUT2D eigenvalue weighted by Gasteiger charge is 2.20. The molecule has 0 spiro atoms. The standard InChI is InChI=1S/C24H27N3O6/c1-16(28)26-20-9-6-5-8-19(20)22(30)24(32)27-18-13-11-17(12-14-18)23(31)25-15-7-3-4-10-21(29)33-2/h5-6,8-9,11-14H,3-4,7,10,15H2,1-2H3,(H,25,31)(H,26,28)(H,27,32). The fourth-order valence-corrected chi connectivity index (χ4v) is 2.97.